The van der Waals surface area contributed by atoms with Gasteiger partial charge in [0.1, 0.15) is 12.4 Å². The number of rotatable bonds is 1. The van der Waals surface area contributed by atoms with Crippen LogP contribution in [0.25, 0.3) is 22.3 Å². The van der Waals surface area contributed by atoms with E-state index in [9.17, 15) is 0 Å². The van der Waals surface area contributed by atoms with Gasteiger partial charge in [0, 0.05) is 18.0 Å². The Morgan fingerprint density at radius 3 is 2.00 bits per heavy atom. The van der Waals surface area contributed by atoms with Crippen molar-refractivity contribution in [3.63, 3.8) is 0 Å². The Kier molecular flexibility index (Phi) is 5.50. The molecule has 0 radical (unpaired) electrons. The Balaban J connectivity index is 0.00000117. The monoisotopic (exact) mass is 465 g/mol. The molecule has 0 amide bonds. The van der Waals surface area contributed by atoms with Crippen molar-refractivity contribution in [3.8, 4) is 28.0 Å². The fourth-order valence-electron chi connectivity index (χ4n) is 6.09. The third-order valence-electron chi connectivity index (χ3n) is 7.43. The molecule has 0 N–H and O–H groups in total. The van der Waals surface area contributed by atoms with Crippen molar-refractivity contribution in [3.05, 3.63) is 156 Å². The summed E-state index contributed by atoms with van der Waals surface area (Å²) in [6, 6.07) is 37.2. The predicted molar refractivity (Wildman–Crippen MR) is 147 cm³/mol. The first-order valence-corrected chi connectivity index (χ1v) is 12.3. The van der Waals surface area contributed by atoms with Crippen LogP contribution < -0.4 is 4.74 Å². The summed E-state index contributed by atoms with van der Waals surface area (Å²) < 4.78 is 6.41. The van der Waals surface area contributed by atoms with Crippen LogP contribution in [0.1, 0.15) is 27.8 Å². The van der Waals surface area contributed by atoms with Gasteiger partial charge in [-0.2, -0.15) is 0 Å². The van der Waals surface area contributed by atoms with Gasteiger partial charge in [0.15, 0.2) is 0 Å². The maximum Gasteiger partial charge on any atom is 0.123 e. The van der Waals surface area contributed by atoms with E-state index < -0.39 is 0 Å². The van der Waals surface area contributed by atoms with E-state index in [2.05, 4.69) is 115 Å². The van der Waals surface area contributed by atoms with Gasteiger partial charge in [-0.15, -0.1) is 13.2 Å². The van der Waals surface area contributed by atoms with Crippen LogP contribution in [0.15, 0.2) is 129 Å². The number of hydrogen-bond donors (Lipinski definition) is 0. The zero-order valence-corrected chi connectivity index (χ0v) is 20.2. The SMILES string of the molecule is C=C.c1cncc(-c2cccc3c2C2(Cc4ccccc4OC3)c3ccccc3-c3ccccc32)c1. The van der Waals surface area contributed by atoms with Gasteiger partial charge in [0.25, 0.3) is 0 Å². The lowest BCUT2D eigenvalue weighted by Gasteiger charge is -2.38. The molecule has 4 aromatic carbocycles. The number of para-hydroxylation sites is 1. The summed E-state index contributed by atoms with van der Waals surface area (Å²) in [6.07, 6.45) is 4.65. The lowest BCUT2D eigenvalue weighted by molar-refractivity contribution is 0.294. The van der Waals surface area contributed by atoms with E-state index in [1.165, 1.54) is 44.5 Å². The highest BCUT2D eigenvalue weighted by atomic mass is 16.5. The molecule has 0 unspecified atom stereocenters. The van der Waals surface area contributed by atoms with Crippen LogP contribution in [0.2, 0.25) is 0 Å². The number of fused-ring (bicyclic) bond motifs is 8. The molecule has 1 aromatic heterocycles. The van der Waals surface area contributed by atoms with Crippen LogP contribution in [0.3, 0.4) is 0 Å². The van der Waals surface area contributed by atoms with Crippen LogP contribution in [0, 0.1) is 0 Å². The number of nitrogens with zero attached hydrogens (tertiary/aromatic N) is 1. The number of aromatic nitrogens is 1. The minimum Gasteiger partial charge on any atom is -0.489 e. The van der Waals surface area contributed by atoms with Crippen molar-refractivity contribution in [2.24, 2.45) is 0 Å². The smallest absolute Gasteiger partial charge is 0.123 e. The van der Waals surface area contributed by atoms with E-state index in [-0.39, 0.29) is 5.41 Å². The molecule has 1 aliphatic carbocycles. The van der Waals surface area contributed by atoms with E-state index in [1.54, 1.807) is 0 Å². The third kappa shape index (κ3) is 3.22. The normalized spacial score (nSPS) is 14.0. The zero-order chi connectivity index (χ0) is 24.5. The summed E-state index contributed by atoms with van der Waals surface area (Å²) in [6.45, 7) is 6.53. The molecule has 0 fully saturated rings. The van der Waals surface area contributed by atoms with E-state index in [1.807, 2.05) is 18.5 Å². The first kappa shape index (κ1) is 22.1. The molecular weight excluding hydrogens is 438 g/mol. The summed E-state index contributed by atoms with van der Waals surface area (Å²) in [5.41, 5.74) is 11.2. The van der Waals surface area contributed by atoms with Gasteiger partial charge in [0.05, 0.1) is 5.41 Å². The largest absolute Gasteiger partial charge is 0.489 e. The van der Waals surface area contributed by atoms with E-state index in [0.29, 0.717) is 6.61 Å². The average Bonchev–Trinajstić information content (AvgIpc) is 3.23. The van der Waals surface area contributed by atoms with Gasteiger partial charge in [-0.05, 0) is 63.1 Å². The number of hydrogen-bond acceptors (Lipinski definition) is 2. The summed E-state index contributed by atoms with van der Waals surface area (Å²) in [5, 5.41) is 0. The summed E-state index contributed by atoms with van der Waals surface area (Å²) in [4.78, 5) is 4.46. The molecule has 5 aromatic rings. The summed E-state index contributed by atoms with van der Waals surface area (Å²) in [7, 11) is 0. The maximum absolute atomic E-state index is 6.41. The van der Waals surface area contributed by atoms with Crippen LogP contribution in [0.5, 0.6) is 5.75 Å². The highest BCUT2D eigenvalue weighted by Crippen LogP contribution is 2.57. The minimum atomic E-state index is -0.325. The minimum absolute atomic E-state index is 0.325. The maximum atomic E-state index is 6.41. The predicted octanol–water partition coefficient (Wildman–Crippen LogP) is 8.00. The highest BCUT2D eigenvalue weighted by Gasteiger charge is 2.47. The molecule has 2 heterocycles. The highest BCUT2D eigenvalue weighted by molar-refractivity contribution is 5.87. The second-order valence-electron chi connectivity index (χ2n) is 9.15. The summed E-state index contributed by atoms with van der Waals surface area (Å²) in [5.74, 6) is 0.973. The van der Waals surface area contributed by atoms with E-state index in [4.69, 9.17) is 4.74 Å². The van der Waals surface area contributed by atoms with Crippen molar-refractivity contribution in [1.29, 1.82) is 0 Å². The first-order chi connectivity index (χ1) is 17.9. The van der Waals surface area contributed by atoms with Crippen molar-refractivity contribution in [2.75, 3.05) is 0 Å². The van der Waals surface area contributed by atoms with Gasteiger partial charge in [-0.3, -0.25) is 4.98 Å². The number of benzene rings is 4. The van der Waals surface area contributed by atoms with E-state index >= 15 is 0 Å². The molecule has 36 heavy (non-hydrogen) atoms. The Hall–Kier alpha value is -4.43. The van der Waals surface area contributed by atoms with Gasteiger partial charge in [-0.1, -0.05) is 91.0 Å². The Labute approximate surface area is 212 Å². The molecule has 0 atom stereocenters. The number of pyridine rings is 1. The lowest BCUT2D eigenvalue weighted by Crippen LogP contribution is -2.33. The standard InChI is InChI=1S/C32H23NO.C2H4/c1-6-17-30-22(9-1)19-32(28-15-4-2-12-26(28)27-13-3-5-16-29(27)32)31-24(21-34-30)10-7-14-25(31)23-11-8-18-33-20-23;1-2/h1-18,20H,19,21H2;1-2H2. The van der Waals surface area contributed by atoms with Gasteiger partial charge < -0.3 is 4.74 Å². The fraction of sp³-hybridized carbons (Fsp3) is 0.0882. The lowest BCUT2D eigenvalue weighted by atomic mass is 9.65. The van der Waals surface area contributed by atoms with Gasteiger partial charge in [0.2, 0.25) is 0 Å². The van der Waals surface area contributed by atoms with Gasteiger partial charge >= 0.3 is 0 Å². The topological polar surface area (TPSA) is 22.1 Å². The summed E-state index contributed by atoms with van der Waals surface area (Å²) >= 11 is 0. The molecule has 1 spiro atoms. The molecule has 2 aliphatic rings. The quantitative estimate of drug-likeness (QED) is 0.234. The van der Waals surface area contributed by atoms with Crippen LogP contribution in [-0.2, 0) is 18.4 Å². The van der Waals surface area contributed by atoms with Crippen molar-refractivity contribution in [2.45, 2.75) is 18.4 Å². The Bertz CT molecular complexity index is 1510. The molecule has 0 saturated heterocycles. The number of ether oxygens (including phenoxy) is 1. The second-order valence-corrected chi connectivity index (χ2v) is 9.15. The molecule has 1 aliphatic heterocycles. The molecule has 174 valence electrons. The van der Waals surface area contributed by atoms with Crippen molar-refractivity contribution in [1.82, 2.24) is 4.98 Å². The van der Waals surface area contributed by atoms with Gasteiger partial charge in [-0.25, -0.2) is 0 Å². The Morgan fingerprint density at radius 2 is 1.28 bits per heavy atom. The Morgan fingerprint density at radius 1 is 0.639 bits per heavy atom. The molecular formula is C34H27NO. The van der Waals surface area contributed by atoms with Crippen LogP contribution >= 0.6 is 0 Å². The zero-order valence-electron chi connectivity index (χ0n) is 20.2. The average molecular weight is 466 g/mol. The van der Waals surface area contributed by atoms with Crippen molar-refractivity contribution < 1.29 is 4.74 Å². The molecule has 2 heteroatoms. The molecule has 0 bridgehead atoms. The molecule has 7 rings (SSSR count). The first-order valence-electron chi connectivity index (χ1n) is 12.3. The molecule has 2 nitrogen and oxygen atoms in total. The fourth-order valence-corrected chi connectivity index (χ4v) is 6.09. The van der Waals surface area contributed by atoms with E-state index in [0.717, 1.165) is 17.7 Å². The molecule has 0 saturated carbocycles. The van der Waals surface area contributed by atoms with Crippen LogP contribution in [-0.4, -0.2) is 4.98 Å². The second kappa shape index (κ2) is 8.98. The third-order valence-corrected chi connectivity index (χ3v) is 7.43. The van der Waals surface area contributed by atoms with Crippen molar-refractivity contribution >= 4 is 0 Å². The van der Waals surface area contributed by atoms with Crippen LogP contribution in [0.4, 0.5) is 0 Å².